The smallest absolute Gasteiger partial charge is 0.123 e. The topological polar surface area (TPSA) is 18.5 Å². The van der Waals surface area contributed by atoms with Gasteiger partial charge in [-0.25, -0.2) is 0 Å². The summed E-state index contributed by atoms with van der Waals surface area (Å²) in [5.41, 5.74) is 2.14. The third-order valence-corrected chi connectivity index (χ3v) is 5.14. The van der Waals surface area contributed by atoms with E-state index in [1.165, 1.54) is 0 Å². The Hall–Kier alpha value is -0.520. The Balaban J connectivity index is 2.51. The van der Waals surface area contributed by atoms with E-state index in [-0.39, 0.29) is 4.83 Å². The van der Waals surface area contributed by atoms with Crippen molar-refractivity contribution in [1.82, 2.24) is 0 Å². The van der Waals surface area contributed by atoms with Gasteiger partial charge in [0.25, 0.3) is 0 Å². The molecule has 1 atom stereocenters. The van der Waals surface area contributed by atoms with Crippen LogP contribution in [-0.2, 0) is 0 Å². The van der Waals surface area contributed by atoms with Crippen LogP contribution >= 0.6 is 47.8 Å². The first kappa shape index (κ1) is 15.9. The highest BCUT2D eigenvalue weighted by molar-refractivity contribution is 9.11. The highest BCUT2D eigenvalue weighted by Gasteiger charge is 2.19. The first-order valence-electron chi connectivity index (χ1n) is 5.87. The zero-order valence-electron chi connectivity index (χ0n) is 11.0. The first-order valence-corrected chi connectivity index (χ1v) is 8.38. The van der Waals surface area contributed by atoms with E-state index in [4.69, 9.17) is 9.47 Å². The third-order valence-electron chi connectivity index (χ3n) is 2.94. The molecule has 0 aliphatic carbocycles. The summed E-state index contributed by atoms with van der Waals surface area (Å²) in [6.07, 6.45) is 0. The Kier molecular flexibility index (Phi) is 5.52. The standard InChI is InChI=1S/C15H13Br3O2/c1-19-10-4-6-14(20-2)12(8-10)15(18)11-7-9(16)3-5-13(11)17/h3-8,15H,1-2H3. The predicted molar refractivity (Wildman–Crippen MR) is 92.2 cm³/mol. The fourth-order valence-electron chi connectivity index (χ4n) is 1.91. The molecule has 5 heteroatoms. The minimum atomic E-state index is -0.000532. The van der Waals surface area contributed by atoms with E-state index in [1.807, 2.05) is 30.3 Å². The van der Waals surface area contributed by atoms with Crippen LogP contribution in [0.5, 0.6) is 11.5 Å². The van der Waals surface area contributed by atoms with Gasteiger partial charge in [-0.05, 0) is 42.0 Å². The molecule has 0 radical (unpaired) electrons. The molecule has 106 valence electrons. The summed E-state index contributed by atoms with van der Waals surface area (Å²) in [5, 5.41) is 0. The molecule has 0 amide bonds. The molecule has 0 heterocycles. The molecule has 0 aliphatic heterocycles. The molecule has 2 aromatic carbocycles. The summed E-state index contributed by atoms with van der Waals surface area (Å²) < 4.78 is 12.8. The van der Waals surface area contributed by atoms with Crippen molar-refractivity contribution in [2.75, 3.05) is 14.2 Å². The summed E-state index contributed by atoms with van der Waals surface area (Å²) in [5.74, 6) is 1.62. The SMILES string of the molecule is COc1ccc(OC)c(C(Br)c2cc(Br)ccc2Br)c1. The van der Waals surface area contributed by atoms with Gasteiger partial charge in [0.1, 0.15) is 11.5 Å². The van der Waals surface area contributed by atoms with Gasteiger partial charge < -0.3 is 9.47 Å². The zero-order valence-corrected chi connectivity index (χ0v) is 15.7. The normalized spacial score (nSPS) is 12.1. The second-order valence-corrected chi connectivity index (χ2v) is 6.82. The zero-order chi connectivity index (χ0) is 14.7. The van der Waals surface area contributed by atoms with Gasteiger partial charge >= 0.3 is 0 Å². The fourth-order valence-corrected chi connectivity index (χ4v) is 3.81. The maximum absolute atomic E-state index is 5.44. The Labute approximate surface area is 143 Å². The van der Waals surface area contributed by atoms with Crippen LogP contribution in [0.2, 0.25) is 0 Å². The van der Waals surface area contributed by atoms with E-state index in [2.05, 4.69) is 53.9 Å². The third kappa shape index (κ3) is 3.38. The van der Waals surface area contributed by atoms with Gasteiger partial charge in [-0.2, -0.15) is 0 Å². The van der Waals surface area contributed by atoms with E-state index in [0.29, 0.717) is 0 Å². The molecule has 0 bridgehead atoms. The second kappa shape index (κ2) is 6.96. The van der Waals surface area contributed by atoms with Gasteiger partial charge in [-0.3, -0.25) is 0 Å². The Morgan fingerprint density at radius 2 is 1.65 bits per heavy atom. The van der Waals surface area contributed by atoms with Crippen molar-refractivity contribution in [3.63, 3.8) is 0 Å². The van der Waals surface area contributed by atoms with Crippen LogP contribution in [0.3, 0.4) is 0 Å². The quantitative estimate of drug-likeness (QED) is 0.539. The molecule has 0 saturated heterocycles. The van der Waals surface area contributed by atoms with Crippen molar-refractivity contribution >= 4 is 47.8 Å². The monoisotopic (exact) mass is 462 g/mol. The lowest BCUT2D eigenvalue weighted by atomic mass is 10.0. The predicted octanol–water partition coefficient (Wildman–Crippen LogP) is 5.71. The molecule has 1 unspecified atom stereocenters. The molecule has 0 N–H and O–H groups in total. The molecule has 0 fully saturated rings. The van der Waals surface area contributed by atoms with Gasteiger partial charge in [0, 0.05) is 14.5 Å². The van der Waals surface area contributed by atoms with Crippen LogP contribution in [0.1, 0.15) is 16.0 Å². The van der Waals surface area contributed by atoms with Crippen LogP contribution in [0.15, 0.2) is 45.3 Å². The molecule has 0 aromatic heterocycles. The number of hydrogen-bond acceptors (Lipinski definition) is 2. The summed E-state index contributed by atoms with van der Waals surface area (Å²) in [7, 11) is 3.32. The van der Waals surface area contributed by atoms with E-state index in [0.717, 1.165) is 31.6 Å². The molecule has 0 saturated carbocycles. The van der Waals surface area contributed by atoms with E-state index < -0.39 is 0 Å². The summed E-state index contributed by atoms with van der Waals surface area (Å²) >= 11 is 10.8. The maximum Gasteiger partial charge on any atom is 0.123 e. The van der Waals surface area contributed by atoms with Crippen LogP contribution in [0.4, 0.5) is 0 Å². The largest absolute Gasteiger partial charge is 0.497 e. The van der Waals surface area contributed by atoms with Crippen LogP contribution in [-0.4, -0.2) is 14.2 Å². The lowest BCUT2D eigenvalue weighted by molar-refractivity contribution is 0.399. The average molecular weight is 465 g/mol. The summed E-state index contributed by atoms with van der Waals surface area (Å²) in [4.78, 5) is -0.000532. The van der Waals surface area contributed by atoms with E-state index in [1.54, 1.807) is 14.2 Å². The van der Waals surface area contributed by atoms with E-state index >= 15 is 0 Å². The summed E-state index contributed by atoms with van der Waals surface area (Å²) in [6, 6.07) is 11.9. The maximum atomic E-state index is 5.44. The molecule has 0 spiro atoms. The van der Waals surface area contributed by atoms with Gasteiger partial charge in [0.2, 0.25) is 0 Å². The summed E-state index contributed by atoms with van der Waals surface area (Å²) in [6.45, 7) is 0. The van der Waals surface area contributed by atoms with Crippen LogP contribution in [0, 0.1) is 0 Å². The van der Waals surface area contributed by atoms with Crippen molar-refractivity contribution in [2.24, 2.45) is 0 Å². The van der Waals surface area contributed by atoms with Crippen molar-refractivity contribution < 1.29 is 9.47 Å². The lowest BCUT2D eigenvalue weighted by Crippen LogP contribution is -1.99. The Morgan fingerprint density at radius 1 is 0.900 bits per heavy atom. The van der Waals surface area contributed by atoms with Crippen molar-refractivity contribution in [3.05, 3.63) is 56.5 Å². The van der Waals surface area contributed by atoms with Crippen molar-refractivity contribution in [3.8, 4) is 11.5 Å². The second-order valence-electron chi connectivity index (χ2n) is 4.14. The van der Waals surface area contributed by atoms with Gasteiger partial charge in [-0.15, -0.1) is 0 Å². The number of methoxy groups -OCH3 is 2. The minimum absolute atomic E-state index is 0.000532. The van der Waals surface area contributed by atoms with Crippen LogP contribution in [0.25, 0.3) is 0 Å². The highest BCUT2D eigenvalue weighted by Crippen LogP contribution is 2.41. The molecular formula is C15H13Br3O2. The number of hydrogen-bond donors (Lipinski definition) is 0. The van der Waals surface area contributed by atoms with Crippen LogP contribution < -0.4 is 9.47 Å². The lowest BCUT2D eigenvalue weighted by Gasteiger charge is -2.17. The van der Waals surface area contributed by atoms with Crippen molar-refractivity contribution in [1.29, 1.82) is 0 Å². The molecular weight excluding hydrogens is 452 g/mol. The highest BCUT2D eigenvalue weighted by atomic mass is 79.9. The number of benzene rings is 2. The van der Waals surface area contributed by atoms with Gasteiger partial charge in [0.15, 0.2) is 0 Å². The van der Waals surface area contributed by atoms with Gasteiger partial charge in [0.05, 0.1) is 19.0 Å². The fraction of sp³-hybridized carbons (Fsp3) is 0.200. The molecule has 2 nitrogen and oxygen atoms in total. The van der Waals surface area contributed by atoms with Gasteiger partial charge in [-0.1, -0.05) is 47.8 Å². The molecule has 2 aromatic rings. The van der Waals surface area contributed by atoms with E-state index in [9.17, 15) is 0 Å². The Bertz CT molecular complexity index is 614. The number of rotatable bonds is 4. The molecule has 0 aliphatic rings. The number of halogens is 3. The van der Waals surface area contributed by atoms with Crippen molar-refractivity contribution in [2.45, 2.75) is 4.83 Å². The minimum Gasteiger partial charge on any atom is -0.497 e. The first-order chi connectivity index (χ1) is 9.56. The Morgan fingerprint density at radius 3 is 2.30 bits per heavy atom. The molecule has 2 rings (SSSR count). The number of ether oxygens (including phenoxy) is 2. The molecule has 20 heavy (non-hydrogen) atoms. The average Bonchev–Trinajstić information content (AvgIpc) is 2.48. The number of alkyl halides is 1.